The zero-order valence-corrected chi connectivity index (χ0v) is 15.0. The third kappa shape index (κ3) is 3.54. The fourth-order valence-corrected chi connectivity index (χ4v) is 2.98. The first-order valence-electron chi connectivity index (χ1n) is 7.28. The van der Waals surface area contributed by atoms with Crippen molar-refractivity contribution in [2.24, 2.45) is 0 Å². The predicted molar refractivity (Wildman–Crippen MR) is 100 cm³/mol. The molecule has 118 valence electrons. The average molecular weight is 390 g/mol. The Morgan fingerprint density at radius 2 is 1.78 bits per heavy atom. The molecule has 0 spiro atoms. The maximum absolute atomic E-state index is 12.3. The van der Waals surface area contributed by atoms with Crippen LogP contribution in [0.15, 0.2) is 53.0 Å². The van der Waals surface area contributed by atoms with E-state index in [0.717, 1.165) is 21.4 Å². The third-order valence-electron chi connectivity index (χ3n) is 3.62. The molecule has 1 N–H and O–H groups in total. The molecular weight excluding hydrogens is 374 g/mol. The van der Waals surface area contributed by atoms with Crippen molar-refractivity contribution in [2.75, 3.05) is 16.9 Å². The zero-order valence-electron chi connectivity index (χ0n) is 12.6. The summed E-state index contributed by atoms with van der Waals surface area (Å²) in [4.78, 5) is 12.3. The van der Waals surface area contributed by atoms with Gasteiger partial charge in [-0.25, -0.2) is 5.01 Å². The summed E-state index contributed by atoms with van der Waals surface area (Å²) in [7, 11) is 0. The van der Waals surface area contributed by atoms with E-state index in [1.807, 2.05) is 60.5 Å². The van der Waals surface area contributed by atoms with Crippen molar-refractivity contribution in [3.8, 4) is 0 Å². The number of amides is 1. The minimum Gasteiger partial charge on any atom is -0.331 e. The van der Waals surface area contributed by atoms with Gasteiger partial charge in [0.1, 0.15) is 0 Å². The van der Waals surface area contributed by atoms with Gasteiger partial charge in [0.05, 0.1) is 12.2 Å². The van der Waals surface area contributed by atoms with Gasteiger partial charge in [-0.1, -0.05) is 33.6 Å². The highest BCUT2D eigenvalue weighted by molar-refractivity contribution is 9.10. The van der Waals surface area contributed by atoms with E-state index in [-0.39, 0.29) is 5.91 Å². The molecule has 4 nitrogen and oxygen atoms in total. The largest absolute Gasteiger partial charge is 0.331 e. The lowest BCUT2D eigenvalue weighted by atomic mass is 10.2. The molecule has 1 saturated heterocycles. The normalized spacial score (nSPS) is 14.3. The molecule has 23 heavy (non-hydrogen) atoms. The number of hydrazine groups is 1. The van der Waals surface area contributed by atoms with Gasteiger partial charge in [-0.2, -0.15) is 0 Å². The highest BCUT2D eigenvalue weighted by Crippen LogP contribution is 2.24. The van der Waals surface area contributed by atoms with Gasteiger partial charge in [0.25, 0.3) is 0 Å². The first-order valence-corrected chi connectivity index (χ1v) is 8.48. The first-order chi connectivity index (χ1) is 11.0. The summed E-state index contributed by atoms with van der Waals surface area (Å²) in [6.45, 7) is 2.60. The SMILES string of the molecule is Cc1ccc(N2C(=O)CCN2C(=S)Nc2ccc(Br)cc2)cc1. The Bertz CT molecular complexity index is 731. The lowest BCUT2D eigenvalue weighted by Gasteiger charge is -2.30. The van der Waals surface area contributed by atoms with Crippen LogP contribution in [-0.4, -0.2) is 22.6 Å². The second-order valence-electron chi connectivity index (χ2n) is 5.35. The molecule has 0 saturated carbocycles. The molecular formula is C17H16BrN3OS. The van der Waals surface area contributed by atoms with Crippen molar-refractivity contribution in [3.63, 3.8) is 0 Å². The summed E-state index contributed by atoms with van der Waals surface area (Å²) in [5.41, 5.74) is 2.88. The van der Waals surface area contributed by atoms with Gasteiger partial charge < -0.3 is 5.32 Å². The monoisotopic (exact) mass is 389 g/mol. The molecule has 1 aliphatic rings. The first kappa shape index (κ1) is 16.0. The van der Waals surface area contributed by atoms with Crippen molar-refractivity contribution in [1.29, 1.82) is 0 Å². The van der Waals surface area contributed by atoms with Crippen LogP contribution in [0.1, 0.15) is 12.0 Å². The van der Waals surface area contributed by atoms with Crippen molar-refractivity contribution >= 4 is 50.5 Å². The third-order valence-corrected chi connectivity index (χ3v) is 4.47. The molecule has 0 unspecified atom stereocenters. The van der Waals surface area contributed by atoms with Crippen LogP contribution in [-0.2, 0) is 4.79 Å². The van der Waals surface area contributed by atoms with Crippen LogP contribution in [0.5, 0.6) is 0 Å². The lowest BCUT2D eigenvalue weighted by molar-refractivity contribution is -0.117. The molecule has 0 atom stereocenters. The molecule has 1 aliphatic heterocycles. The summed E-state index contributed by atoms with van der Waals surface area (Å²) >= 11 is 8.90. The number of hydrogen-bond donors (Lipinski definition) is 1. The summed E-state index contributed by atoms with van der Waals surface area (Å²) in [5.74, 6) is 0.0498. The zero-order chi connectivity index (χ0) is 16.4. The van der Waals surface area contributed by atoms with E-state index in [2.05, 4.69) is 21.2 Å². The number of halogens is 1. The fraction of sp³-hybridized carbons (Fsp3) is 0.176. The van der Waals surface area contributed by atoms with Crippen molar-refractivity contribution in [3.05, 3.63) is 58.6 Å². The second-order valence-corrected chi connectivity index (χ2v) is 6.65. The van der Waals surface area contributed by atoms with Gasteiger partial charge in [0, 0.05) is 16.6 Å². The molecule has 0 radical (unpaired) electrons. The summed E-state index contributed by atoms with van der Waals surface area (Å²) < 4.78 is 1.01. The number of carbonyl (C=O) groups excluding carboxylic acids is 1. The summed E-state index contributed by atoms with van der Waals surface area (Å²) in [6.07, 6.45) is 0.454. The Morgan fingerprint density at radius 3 is 2.43 bits per heavy atom. The van der Waals surface area contributed by atoms with Crippen LogP contribution >= 0.6 is 28.1 Å². The molecule has 1 heterocycles. The number of aryl methyl sites for hydroxylation is 1. The quantitative estimate of drug-likeness (QED) is 0.783. The van der Waals surface area contributed by atoms with Crippen LogP contribution in [0.3, 0.4) is 0 Å². The van der Waals surface area contributed by atoms with Crippen molar-refractivity contribution < 1.29 is 4.79 Å². The number of anilines is 2. The highest BCUT2D eigenvalue weighted by Gasteiger charge is 2.32. The maximum atomic E-state index is 12.3. The maximum Gasteiger partial charge on any atom is 0.247 e. The molecule has 0 bridgehead atoms. The van der Waals surface area contributed by atoms with Gasteiger partial charge >= 0.3 is 0 Å². The number of hydrogen-bond acceptors (Lipinski definition) is 2. The molecule has 0 aromatic heterocycles. The van der Waals surface area contributed by atoms with Crippen LogP contribution in [0.4, 0.5) is 11.4 Å². The van der Waals surface area contributed by atoms with Crippen molar-refractivity contribution in [2.45, 2.75) is 13.3 Å². The second kappa shape index (κ2) is 6.68. The number of nitrogens with one attached hydrogen (secondary N) is 1. The van der Waals surface area contributed by atoms with Gasteiger partial charge in [-0.15, -0.1) is 0 Å². The lowest BCUT2D eigenvalue weighted by Crippen LogP contribution is -2.45. The Kier molecular flexibility index (Phi) is 4.63. The summed E-state index contributed by atoms with van der Waals surface area (Å²) in [5, 5.41) is 7.15. The minimum absolute atomic E-state index is 0.0498. The molecule has 1 amide bonds. The molecule has 0 aliphatic carbocycles. The minimum atomic E-state index is 0.0498. The number of rotatable bonds is 2. The Morgan fingerprint density at radius 1 is 1.13 bits per heavy atom. The molecule has 2 aromatic rings. The van der Waals surface area contributed by atoms with Gasteiger partial charge in [0.2, 0.25) is 5.91 Å². The summed E-state index contributed by atoms with van der Waals surface area (Å²) in [6, 6.07) is 15.6. The standard InChI is InChI=1S/C17H16BrN3OS/c1-12-2-8-15(9-3-12)21-16(22)10-11-20(21)17(23)19-14-6-4-13(18)5-7-14/h2-9H,10-11H2,1H3,(H,19,23). The Balaban J connectivity index is 1.79. The number of carbonyl (C=O) groups is 1. The van der Waals surface area contributed by atoms with Crippen molar-refractivity contribution in [1.82, 2.24) is 5.01 Å². The van der Waals surface area contributed by atoms with E-state index in [1.165, 1.54) is 0 Å². The molecule has 6 heteroatoms. The Labute approximate surface area is 149 Å². The molecule has 1 fully saturated rings. The van der Waals surface area contributed by atoms with Crippen LogP contribution in [0.2, 0.25) is 0 Å². The van der Waals surface area contributed by atoms with Crippen LogP contribution in [0, 0.1) is 6.92 Å². The molecule has 3 rings (SSSR count). The highest BCUT2D eigenvalue weighted by atomic mass is 79.9. The topological polar surface area (TPSA) is 35.6 Å². The van der Waals surface area contributed by atoms with E-state index < -0.39 is 0 Å². The average Bonchev–Trinajstić information content (AvgIpc) is 2.92. The molecule has 2 aromatic carbocycles. The van der Waals surface area contributed by atoms with E-state index in [9.17, 15) is 4.79 Å². The predicted octanol–water partition coefficient (Wildman–Crippen LogP) is 4.11. The van der Waals surface area contributed by atoms with E-state index >= 15 is 0 Å². The van der Waals surface area contributed by atoms with Gasteiger partial charge in [0.15, 0.2) is 5.11 Å². The smallest absolute Gasteiger partial charge is 0.247 e. The van der Waals surface area contributed by atoms with Gasteiger partial charge in [-0.05, 0) is 55.5 Å². The van der Waals surface area contributed by atoms with Gasteiger partial charge in [-0.3, -0.25) is 9.80 Å². The number of thiocarbonyl (C=S) groups is 1. The van der Waals surface area contributed by atoms with Crippen LogP contribution < -0.4 is 10.3 Å². The van der Waals surface area contributed by atoms with Crippen LogP contribution in [0.25, 0.3) is 0 Å². The van der Waals surface area contributed by atoms with E-state index in [0.29, 0.717) is 18.1 Å². The van der Waals surface area contributed by atoms with E-state index in [1.54, 1.807) is 5.01 Å². The van der Waals surface area contributed by atoms with E-state index in [4.69, 9.17) is 12.2 Å². The number of nitrogens with zero attached hydrogens (tertiary/aromatic N) is 2. The fourth-order valence-electron chi connectivity index (χ4n) is 2.43. The Hall–Kier alpha value is -1.92. The number of benzene rings is 2.